The van der Waals surface area contributed by atoms with Crippen LogP contribution in [0.2, 0.25) is 0 Å². The van der Waals surface area contributed by atoms with Crippen molar-refractivity contribution < 1.29 is 9.59 Å². The molecule has 4 aromatic rings. The second-order valence-corrected chi connectivity index (χ2v) is 8.17. The number of carbonyl (C=O) groups is 2. The van der Waals surface area contributed by atoms with Gasteiger partial charge in [-0.25, -0.2) is 4.98 Å². The molecule has 0 radical (unpaired) electrons. The summed E-state index contributed by atoms with van der Waals surface area (Å²) in [6.07, 6.45) is 2.31. The molecule has 150 valence electrons. The molecule has 6 rings (SSSR count). The number of rotatable bonds is 2. The fourth-order valence-corrected chi connectivity index (χ4v) is 4.83. The van der Waals surface area contributed by atoms with Crippen molar-refractivity contribution in [2.24, 2.45) is 0 Å². The fourth-order valence-electron chi connectivity index (χ4n) is 4.83. The number of aromatic nitrogens is 1. The highest BCUT2D eigenvalue weighted by atomic mass is 16.1. The summed E-state index contributed by atoms with van der Waals surface area (Å²) in [5.74, 6) is -0.234. The molecule has 0 atom stereocenters. The van der Waals surface area contributed by atoms with Crippen molar-refractivity contribution in [3.63, 3.8) is 0 Å². The number of anilines is 1. The zero-order valence-electron chi connectivity index (χ0n) is 17.0. The first-order valence-electron chi connectivity index (χ1n) is 10.7. The topological polar surface area (TPSA) is 50.3 Å². The summed E-state index contributed by atoms with van der Waals surface area (Å²) < 4.78 is 0. The number of ketones is 2. The Morgan fingerprint density at radius 1 is 0.710 bits per heavy atom. The maximum Gasteiger partial charge on any atom is 0.196 e. The lowest BCUT2D eigenvalue weighted by atomic mass is 9.82. The number of pyridine rings is 1. The van der Waals surface area contributed by atoms with Gasteiger partial charge in [0, 0.05) is 46.4 Å². The Kier molecular flexibility index (Phi) is 4.00. The number of hydrogen-bond acceptors (Lipinski definition) is 4. The van der Waals surface area contributed by atoms with Crippen molar-refractivity contribution in [3.8, 4) is 11.3 Å². The average molecular weight is 404 g/mol. The zero-order valence-corrected chi connectivity index (χ0v) is 17.0. The van der Waals surface area contributed by atoms with Crippen molar-refractivity contribution in [3.05, 3.63) is 95.1 Å². The first-order valence-corrected chi connectivity index (χ1v) is 10.7. The molecule has 1 fully saturated rings. The van der Waals surface area contributed by atoms with E-state index >= 15 is 0 Å². The second kappa shape index (κ2) is 6.88. The third-order valence-corrected chi connectivity index (χ3v) is 6.36. The van der Waals surface area contributed by atoms with Gasteiger partial charge in [0.05, 0.1) is 16.8 Å². The molecule has 4 nitrogen and oxygen atoms in total. The summed E-state index contributed by atoms with van der Waals surface area (Å²) in [5.41, 5.74) is 5.33. The molecule has 3 aromatic carbocycles. The molecule has 1 aromatic heterocycles. The second-order valence-electron chi connectivity index (χ2n) is 8.17. The van der Waals surface area contributed by atoms with Crippen LogP contribution in [0.15, 0.2) is 72.8 Å². The van der Waals surface area contributed by atoms with Crippen LogP contribution in [0, 0.1) is 0 Å². The van der Waals surface area contributed by atoms with E-state index in [1.807, 2.05) is 36.4 Å². The Labute approximate surface area is 180 Å². The SMILES string of the molecule is O=C1c2ccccc2C(=O)c2c1ccc1c(N3CCCC3)cc(-c3ccccc3)nc21. The predicted molar refractivity (Wildman–Crippen MR) is 122 cm³/mol. The molecule has 1 aliphatic carbocycles. The molecule has 2 aliphatic rings. The normalized spacial score (nSPS) is 15.3. The number of benzene rings is 3. The maximum absolute atomic E-state index is 13.5. The fraction of sp³-hybridized carbons (Fsp3) is 0.148. The number of fused-ring (bicyclic) bond motifs is 4. The van der Waals surface area contributed by atoms with E-state index in [9.17, 15) is 9.59 Å². The highest BCUT2D eigenvalue weighted by Gasteiger charge is 2.32. The Hall–Kier alpha value is -3.79. The number of carbonyl (C=O) groups excluding carboxylic acids is 2. The van der Waals surface area contributed by atoms with Crippen molar-refractivity contribution in [2.75, 3.05) is 18.0 Å². The molecular weight excluding hydrogens is 384 g/mol. The third-order valence-electron chi connectivity index (χ3n) is 6.36. The summed E-state index contributed by atoms with van der Waals surface area (Å²) in [7, 11) is 0. The Morgan fingerprint density at radius 3 is 2.13 bits per heavy atom. The van der Waals surface area contributed by atoms with E-state index in [-0.39, 0.29) is 11.6 Å². The first kappa shape index (κ1) is 18.0. The minimum atomic E-state index is -0.124. The number of nitrogens with zero attached hydrogens (tertiary/aromatic N) is 2. The molecule has 0 N–H and O–H groups in total. The molecule has 31 heavy (non-hydrogen) atoms. The largest absolute Gasteiger partial charge is 0.371 e. The molecule has 4 heteroatoms. The third kappa shape index (κ3) is 2.72. The summed E-state index contributed by atoms with van der Waals surface area (Å²) in [6.45, 7) is 1.97. The van der Waals surface area contributed by atoms with Crippen LogP contribution < -0.4 is 4.90 Å². The molecule has 0 amide bonds. The van der Waals surface area contributed by atoms with Crippen molar-refractivity contribution in [2.45, 2.75) is 12.8 Å². The van der Waals surface area contributed by atoms with Gasteiger partial charge in [-0.15, -0.1) is 0 Å². The Morgan fingerprint density at radius 2 is 1.39 bits per heavy atom. The van der Waals surface area contributed by atoms with Gasteiger partial charge in [-0.05, 0) is 31.0 Å². The van der Waals surface area contributed by atoms with E-state index in [4.69, 9.17) is 4.98 Å². The minimum absolute atomic E-state index is 0.110. The van der Waals surface area contributed by atoms with Gasteiger partial charge in [-0.1, -0.05) is 54.6 Å². The Balaban J connectivity index is 1.68. The predicted octanol–water partition coefficient (Wildman–Crippen LogP) is 5.28. The van der Waals surface area contributed by atoms with Crippen LogP contribution in [-0.2, 0) is 0 Å². The van der Waals surface area contributed by atoms with Gasteiger partial charge >= 0.3 is 0 Å². The van der Waals surface area contributed by atoms with Gasteiger partial charge in [0.1, 0.15) is 0 Å². The van der Waals surface area contributed by atoms with Gasteiger partial charge in [-0.3, -0.25) is 9.59 Å². The molecule has 0 spiro atoms. The number of hydrogen-bond donors (Lipinski definition) is 0. The van der Waals surface area contributed by atoms with E-state index in [1.54, 1.807) is 30.3 Å². The molecule has 2 heterocycles. The quantitative estimate of drug-likeness (QED) is 0.402. The van der Waals surface area contributed by atoms with Crippen LogP contribution >= 0.6 is 0 Å². The van der Waals surface area contributed by atoms with Crippen LogP contribution in [0.5, 0.6) is 0 Å². The van der Waals surface area contributed by atoms with E-state index in [1.165, 1.54) is 0 Å². The molecular formula is C27H20N2O2. The van der Waals surface area contributed by atoms with Gasteiger partial charge in [0.25, 0.3) is 0 Å². The molecule has 1 saturated heterocycles. The van der Waals surface area contributed by atoms with Gasteiger partial charge < -0.3 is 4.90 Å². The Bertz CT molecular complexity index is 1370. The smallest absolute Gasteiger partial charge is 0.196 e. The van der Waals surface area contributed by atoms with E-state index in [2.05, 4.69) is 11.0 Å². The summed E-state index contributed by atoms with van der Waals surface area (Å²) >= 11 is 0. The van der Waals surface area contributed by atoms with Gasteiger partial charge in [-0.2, -0.15) is 0 Å². The first-order chi connectivity index (χ1) is 15.2. The minimum Gasteiger partial charge on any atom is -0.371 e. The summed E-state index contributed by atoms with van der Waals surface area (Å²) in [4.78, 5) is 34.1. The summed E-state index contributed by atoms with van der Waals surface area (Å²) in [5, 5.41) is 0.931. The van der Waals surface area contributed by atoms with Gasteiger partial charge in [0.15, 0.2) is 11.6 Å². The van der Waals surface area contributed by atoms with Crippen LogP contribution in [-0.4, -0.2) is 29.6 Å². The van der Waals surface area contributed by atoms with Gasteiger partial charge in [0.2, 0.25) is 0 Å². The lowest BCUT2D eigenvalue weighted by Gasteiger charge is -2.24. The molecule has 0 unspecified atom stereocenters. The van der Waals surface area contributed by atoms with Crippen LogP contribution in [0.3, 0.4) is 0 Å². The highest BCUT2D eigenvalue weighted by molar-refractivity contribution is 6.32. The van der Waals surface area contributed by atoms with E-state index < -0.39 is 0 Å². The summed E-state index contributed by atoms with van der Waals surface area (Å²) in [6, 6.07) is 23.0. The van der Waals surface area contributed by atoms with E-state index in [0.717, 1.165) is 48.3 Å². The average Bonchev–Trinajstić information content (AvgIpc) is 3.36. The van der Waals surface area contributed by atoms with Crippen LogP contribution in [0.4, 0.5) is 5.69 Å². The lowest BCUT2D eigenvalue weighted by molar-refractivity contribution is 0.0980. The lowest BCUT2D eigenvalue weighted by Crippen LogP contribution is -2.22. The molecule has 0 saturated carbocycles. The molecule has 0 bridgehead atoms. The highest BCUT2D eigenvalue weighted by Crippen LogP contribution is 2.38. The van der Waals surface area contributed by atoms with E-state index in [0.29, 0.717) is 27.8 Å². The van der Waals surface area contributed by atoms with Crippen LogP contribution in [0.25, 0.3) is 22.2 Å². The van der Waals surface area contributed by atoms with Crippen LogP contribution in [0.1, 0.15) is 44.7 Å². The maximum atomic E-state index is 13.5. The standard InChI is InChI=1S/C27H20N2O2/c30-26-18-10-4-5-11-19(18)27(31)24-21(26)13-12-20-23(29-14-6-7-15-29)16-22(28-25(20)24)17-8-2-1-3-9-17/h1-5,8-13,16H,6-7,14-15H2. The van der Waals surface area contributed by atoms with Crippen molar-refractivity contribution in [1.82, 2.24) is 4.98 Å². The molecule has 1 aliphatic heterocycles. The van der Waals surface area contributed by atoms with Crippen molar-refractivity contribution in [1.29, 1.82) is 0 Å². The monoisotopic (exact) mass is 404 g/mol. The zero-order chi connectivity index (χ0) is 20.9. The van der Waals surface area contributed by atoms with Crippen molar-refractivity contribution >= 4 is 28.2 Å².